The molecule has 0 radical (unpaired) electrons. The van der Waals surface area contributed by atoms with Crippen molar-refractivity contribution in [1.82, 2.24) is 4.98 Å². The van der Waals surface area contributed by atoms with Gasteiger partial charge in [-0.1, -0.05) is 0 Å². The second-order valence-electron chi connectivity index (χ2n) is 3.55. The van der Waals surface area contributed by atoms with Crippen molar-refractivity contribution in [3.63, 3.8) is 0 Å². The van der Waals surface area contributed by atoms with Crippen LogP contribution in [0.15, 0.2) is 36.5 Å². The molecule has 2 rings (SSSR count). The second-order valence-corrected chi connectivity index (χ2v) is 3.55. The van der Waals surface area contributed by atoms with E-state index in [0.717, 1.165) is 6.07 Å². The first-order valence-corrected chi connectivity index (χ1v) is 5.15. The van der Waals surface area contributed by atoms with Crippen molar-refractivity contribution >= 4 is 5.97 Å². The quantitative estimate of drug-likeness (QED) is 0.905. The fraction of sp³-hybridized carbons (Fsp3) is 0.0769. The number of nitrogens with zero attached hydrogens (tertiary/aromatic N) is 1. The molecule has 0 bridgehead atoms. The van der Waals surface area contributed by atoms with Gasteiger partial charge in [0, 0.05) is 11.8 Å². The molecule has 0 amide bonds. The predicted octanol–water partition coefficient (Wildman–Crippen LogP) is 2.59. The molecular formula is C13H10FNO3. The number of halogens is 1. The number of benzene rings is 1. The molecule has 5 heteroatoms. The summed E-state index contributed by atoms with van der Waals surface area (Å²) in [5.41, 5.74) is 0.443. The summed E-state index contributed by atoms with van der Waals surface area (Å²) in [6, 6.07) is 7.00. The summed E-state index contributed by atoms with van der Waals surface area (Å²) >= 11 is 0. The van der Waals surface area contributed by atoms with E-state index >= 15 is 0 Å². The molecular weight excluding hydrogens is 237 g/mol. The molecule has 0 aliphatic carbocycles. The number of carboxylic acid groups (broad SMARTS) is 1. The highest BCUT2D eigenvalue weighted by Crippen LogP contribution is 2.29. The lowest BCUT2D eigenvalue weighted by Gasteiger charge is -2.08. The lowest BCUT2D eigenvalue weighted by atomic mass is 10.1. The van der Waals surface area contributed by atoms with Gasteiger partial charge in [-0.05, 0) is 30.3 Å². The van der Waals surface area contributed by atoms with Gasteiger partial charge in [0.2, 0.25) is 0 Å². The number of carbonyl (C=O) groups is 1. The number of ether oxygens (including phenoxy) is 1. The average Bonchev–Trinajstić information content (AvgIpc) is 2.38. The summed E-state index contributed by atoms with van der Waals surface area (Å²) in [6.07, 6.45) is 1.52. The van der Waals surface area contributed by atoms with Gasteiger partial charge in [-0.15, -0.1) is 0 Å². The van der Waals surface area contributed by atoms with Crippen molar-refractivity contribution in [2.75, 3.05) is 7.11 Å². The van der Waals surface area contributed by atoms with Gasteiger partial charge in [-0.2, -0.15) is 0 Å². The maximum absolute atomic E-state index is 13.9. The highest BCUT2D eigenvalue weighted by molar-refractivity contribution is 5.88. The summed E-state index contributed by atoms with van der Waals surface area (Å²) in [6.45, 7) is 0. The Morgan fingerprint density at radius 1 is 1.39 bits per heavy atom. The van der Waals surface area contributed by atoms with Crippen molar-refractivity contribution in [1.29, 1.82) is 0 Å². The summed E-state index contributed by atoms with van der Waals surface area (Å²) in [5, 5.41) is 8.76. The van der Waals surface area contributed by atoms with E-state index in [1.54, 1.807) is 12.1 Å². The number of carboxylic acids is 1. The van der Waals surface area contributed by atoms with E-state index in [1.807, 2.05) is 0 Å². The predicted molar refractivity (Wildman–Crippen MR) is 63.1 cm³/mol. The van der Waals surface area contributed by atoms with Gasteiger partial charge >= 0.3 is 5.97 Å². The van der Waals surface area contributed by atoms with E-state index in [0.29, 0.717) is 11.4 Å². The smallest absolute Gasteiger partial charge is 0.335 e. The minimum Gasteiger partial charge on any atom is -0.494 e. The molecule has 1 N–H and O–H groups in total. The van der Waals surface area contributed by atoms with Gasteiger partial charge in [0.05, 0.1) is 12.7 Å². The number of aromatic nitrogens is 1. The van der Waals surface area contributed by atoms with Gasteiger partial charge in [-0.25, -0.2) is 9.18 Å². The van der Waals surface area contributed by atoms with Crippen LogP contribution in [-0.4, -0.2) is 23.2 Å². The number of hydrogen-bond acceptors (Lipinski definition) is 3. The summed E-state index contributed by atoms with van der Waals surface area (Å²) < 4.78 is 18.9. The van der Waals surface area contributed by atoms with Gasteiger partial charge in [0.25, 0.3) is 0 Å². The molecule has 4 nitrogen and oxygen atoms in total. The monoisotopic (exact) mass is 247 g/mol. The number of methoxy groups -OCH3 is 1. The fourth-order valence-corrected chi connectivity index (χ4v) is 1.60. The first-order chi connectivity index (χ1) is 8.63. The topological polar surface area (TPSA) is 59.4 Å². The van der Waals surface area contributed by atoms with E-state index < -0.39 is 11.8 Å². The Morgan fingerprint density at radius 3 is 2.78 bits per heavy atom. The van der Waals surface area contributed by atoms with Crippen molar-refractivity contribution in [3.05, 3.63) is 47.9 Å². The molecule has 0 saturated heterocycles. The van der Waals surface area contributed by atoms with Crippen LogP contribution in [0.25, 0.3) is 11.3 Å². The fourth-order valence-electron chi connectivity index (χ4n) is 1.60. The molecule has 0 aliphatic rings. The van der Waals surface area contributed by atoms with Crippen LogP contribution >= 0.6 is 0 Å². The highest BCUT2D eigenvalue weighted by Gasteiger charge is 2.14. The van der Waals surface area contributed by atoms with E-state index in [9.17, 15) is 9.18 Å². The Labute approximate surface area is 103 Å². The minimum absolute atomic E-state index is 0.105. The Kier molecular flexibility index (Phi) is 3.23. The van der Waals surface area contributed by atoms with E-state index in [1.165, 1.54) is 25.4 Å². The minimum atomic E-state index is -1.17. The number of pyridine rings is 1. The van der Waals surface area contributed by atoms with Crippen molar-refractivity contribution in [2.24, 2.45) is 0 Å². The van der Waals surface area contributed by atoms with Gasteiger partial charge in [-0.3, -0.25) is 4.98 Å². The maximum atomic E-state index is 13.9. The molecule has 0 spiro atoms. The molecule has 18 heavy (non-hydrogen) atoms. The zero-order valence-electron chi connectivity index (χ0n) is 9.55. The van der Waals surface area contributed by atoms with E-state index in [2.05, 4.69) is 4.98 Å². The van der Waals surface area contributed by atoms with Crippen LogP contribution in [-0.2, 0) is 0 Å². The molecule has 1 aromatic heterocycles. The van der Waals surface area contributed by atoms with Crippen LogP contribution in [0, 0.1) is 5.82 Å². The van der Waals surface area contributed by atoms with Crippen LogP contribution in [0.1, 0.15) is 10.4 Å². The van der Waals surface area contributed by atoms with Gasteiger partial charge in [0.15, 0.2) is 0 Å². The zero-order valence-corrected chi connectivity index (χ0v) is 9.55. The largest absolute Gasteiger partial charge is 0.494 e. The molecule has 1 heterocycles. The Bertz CT molecular complexity index is 599. The molecule has 0 fully saturated rings. The first kappa shape index (κ1) is 12.0. The van der Waals surface area contributed by atoms with Gasteiger partial charge < -0.3 is 9.84 Å². The average molecular weight is 247 g/mol. The van der Waals surface area contributed by atoms with Gasteiger partial charge in [0.1, 0.15) is 17.3 Å². The Balaban J connectivity index is 2.54. The molecule has 0 saturated carbocycles. The molecule has 2 aromatic rings. The lowest BCUT2D eigenvalue weighted by molar-refractivity contribution is 0.0696. The molecule has 0 atom stereocenters. The van der Waals surface area contributed by atoms with Crippen LogP contribution in [0.2, 0.25) is 0 Å². The molecule has 0 aliphatic heterocycles. The van der Waals surface area contributed by atoms with E-state index in [4.69, 9.17) is 9.84 Å². The molecule has 92 valence electrons. The molecule has 0 unspecified atom stereocenters. The number of rotatable bonds is 3. The van der Waals surface area contributed by atoms with Crippen molar-refractivity contribution in [2.45, 2.75) is 0 Å². The molecule has 1 aromatic carbocycles. The summed E-state index contributed by atoms with van der Waals surface area (Å²) in [5.74, 6) is -1.39. The van der Waals surface area contributed by atoms with Crippen LogP contribution in [0.5, 0.6) is 5.75 Å². The van der Waals surface area contributed by atoms with Crippen LogP contribution < -0.4 is 4.74 Å². The van der Waals surface area contributed by atoms with Crippen molar-refractivity contribution < 1.29 is 19.0 Å². The van der Waals surface area contributed by atoms with Crippen molar-refractivity contribution in [3.8, 4) is 17.0 Å². The second kappa shape index (κ2) is 4.83. The van der Waals surface area contributed by atoms with E-state index in [-0.39, 0.29) is 11.1 Å². The standard InChI is InChI=1S/C13H10FNO3/c1-18-11-3-2-6-15-12(11)9-5-4-8(13(16)17)7-10(9)14/h2-7H,1H3,(H,16,17). The normalized spacial score (nSPS) is 10.1. The third kappa shape index (κ3) is 2.15. The summed E-state index contributed by atoms with van der Waals surface area (Å²) in [7, 11) is 1.46. The highest BCUT2D eigenvalue weighted by atomic mass is 19.1. The lowest BCUT2D eigenvalue weighted by Crippen LogP contribution is -1.99. The SMILES string of the molecule is COc1cccnc1-c1ccc(C(=O)O)cc1F. The Hall–Kier alpha value is -2.43. The third-order valence-electron chi connectivity index (χ3n) is 2.46. The summed E-state index contributed by atoms with van der Waals surface area (Å²) in [4.78, 5) is 14.8. The zero-order chi connectivity index (χ0) is 13.1. The number of hydrogen-bond donors (Lipinski definition) is 1. The number of aromatic carboxylic acids is 1. The third-order valence-corrected chi connectivity index (χ3v) is 2.46. The maximum Gasteiger partial charge on any atom is 0.335 e. The van der Waals surface area contributed by atoms with Crippen LogP contribution in [0.4, 0.5) is 4.39 Å². The van der Waals surface area contributed by atoms with Crippen LogP contribution in [0.3, 0.4) is 0 Å². The first-order valence-electron chi connectivity index (χ1n) is 5.15. The Morgan fingerprint density at radius 2 is 2.17 bits per heavy atom.